The number of nitrogens with zero attached hydrogens (tertiary/aromatic N) is 3. The third kappa shape index (κ3) is 4.80. The van der Waals surface area contributed by atoms with Crippen LogP contribution >= 0.6 is 22.7 Å². The van der Waals surface area contributed by atoms with Crippen molar-refractivity contribution in [2.45, 2.75) is 20.4 Å². The molecule has 0 bridgehead atoms. The smallest absolute Gasteiger partial charge is 0.324 e. The molecule has 0 aliphatic rings. The van der Waals surface area contributed by atoms with Crippen LogP contribution < -0.4 is 4.80 Å². The first kappa shape index (κ1) is 20.1. The first-order valence-corrected chi connectivity index (χ1v) is 10.3. The van der Waals surface area contributed by atoms with Crippen LogP contribution in [0.3, 0.4) is 0 Å². The molecule has 28 heavy (non-hydrogen) atoms. The zero-order valence-corrected chi connectivity index (χ0v) is 17.1. The van der Waals surface area contributed by atoms with Crippen molar-refractivity contribution < 1.29 is 14.5 Å². The summed E-state index contributed by atoms with van der Waals surface area (Å²) in [6, 6.07) is 9.15. The van der Waals surface area contributed by atoms with Gasteiger partial charge in [0.25, 0.3) is 5.91 Å². The zero-order chi connectivity index (χ0) is 20.1. The van der Waals surface area contributed by atoms with Gasteiger partial charge in [-0.25, -0.2) is 0 Å². The Balaban J connectivity index is 1.90. The van der Waals surface area contributed by atoms with Crippen LogP contribution in [0.2, 0.25) is 0 Å². The molecular formula is C19H19N3O4S2. The lowest BCUT2D eigenvalue weighted by atomic mass is 10.2. The standard InChI is InChI=1S/C19H19N3O4S2/c1-3-26-11-10-21-15-7-4-13(2)12-16(15)28-19(21)20-17(23)8-5-14-6-9-18(27-14)22(24)25/h4-9,12H,3,10-11H2,1-2H3/b8-5-,20-19?. The average molecular weight is 418 g/mol. The van der Waals surface area contributed by atoms with Crippen LogP contribution in [0.15, 0.2) is 41.4 Å². The molecule has 3 rings (SSSR count). The maximum Gasteiger partial charge on any atom is 0.324 e. The number of nitro groups is 1. The molecule has 7 nitrogen and oxygen atoms in total. The quantitative estimate of drug-likeness (QED) is 0.250. The van der Waals surface area contributed by atoms with Crippen molar-refractivity contribution in [3.05, 3.63) is 61.8 Å². The lowest BCUT2D eigenvalue weighted by molar-refractivity contribution is -0.380. The van der Waals surface area contributed by atoms with Crippen LogP contribution in [0.4, 0.5) is 5.00 Å². The largest absolute Gasteiger partial charge is 0.380 e. The summed E-state index contributed by atoms with van der Waals surface area (Å²) in [7, 11) is 0. The monoisotopic (exact) mass is 417 g/mol. The Kier molecular flexibility index (Phi) is 6.50. The summed E-state index contributed by atoms with van der Waals surface area (Å²) in [5.41, 5.74) is 2.16. The number of carbonyl (C=O) groups excluding carboxylic acids is 1. The van der Waals surface area contributed by atoms with Gasteiger partial charge in [0.1, 0.15) is 0 Å². The molecule has 2 aromatic heterocycles. The van der Waals surface area contributed by atoms with Gasteiger partial charge in [0.2, 0.25) is 0 Å². The van der Waals surface area contributed by atoms with Gasteiger partial charge in [0, 0.05) is 30.2 Å². The van der Waals surface area contributed by atoms with Crippen LogP contribution in [0, 0.1) is 17.0 Å². The average Bonchev–Trinajstić information content (AvgIpc) is 3.25. The van der Waals surface area contributed by atoms with E-state index in [0.29, 0.717) is 29.4 Å². The van der Waals surface area contributed by atoms with E-state index >= 15 is 0 Å². The molecule has 0 saturated carbocycles. The van der Waals surface area contributed by atoms with Gasteiger partial charge in [-0.1, -0.05) is 28.7 Å². The maximum atomic E-state index is 12.3. The van der Waals surface area contributed by atoms with E-state index in [1.165, 1.54) is 23.5 Å². The summed E-state index contributed by atoms with van der Waals surface area (Å²) in [5, 5.41) is 10.8. The number of rotatable bonds is 7. The second kappa shape index (κ2) is 9.05. The Morgan fingerprint density at radius 2 is 2.14 bits per heavy atom. The SMILES string of the molecule is CCOCCn1c(=NC(=O)/C=C\c2ccc([N+](=O)[O-])s2)sc2cc(C)ccc21. The highest BCUT2D eigenvalue weighted by Gasteiger charge is 2.09. The lowest BCUT2D eigenvalue weighted by Gasteiger charge is -2.05. The highest BCUT2D eigenvalue weighted by Crippen LogP contribution is 2.24. The predicted octanol–water partition coefficient (Wildman–Crippen LogP) is 4.16. The summed E-state index contributed by atoms with van der Waals surface area (Å²) in [6.07, 6.45) is 2.88. The maximum absolute atomic E-state index is 12.3. The second-order valence-electron chi connectivity index (χ2n) is 5.92. The number of ether oxygens (including phenoxy) is 1. The van der Waals surface area contributed by atoms with Crippen molar-refractivity contribution >= 4 is 49.9 Å². The molecule has 146 valence electrons. The van der Waals surface area contributed by atoms with E-state index in [1.807, 2.05) is 30.5 Å². The highest BCUT2D eigenvalue weighted by molar-refractivity contribution is 7.16. The summed E-state index contributed by atoms with van der Waals surface area (Å²) in [6.45, 7) is 5.72. The predicted molar refractivity (Wildman–Crippen MR) is 112 cm³/mol. The fourth-order valence-corrected chi connectivity index (χ4v) is 4.48. The Morgan fingerprint density at radius 1 is 1.32 bits per heavy atom. The number of carbonyl (C=O) groups is 1. The minimum absolute atomic E-state index is 0.0395. The second-order valence-corrected chi connectivity index (χ2v) is 8.02. The van der Waals surface area contributed by atoms with Crippen LogP contribution in [-0.2, 0) is 16.1 Å². The summed E-state index contributed by atoms with van der Waals surface area (Å²) in [5.74, 6) is -0.413. The van der Waals surface area contributed by atoms with Crippen LogP contribution in [0.5, 0.6) is 0 Å². The van der Waals surface area contributed by atoms with Gasteiger partial charge in [-0.3, -0.25) is 14.9 Å². The molecule has 3 aromatic rings. The number of fused-ring (bicyclic) bond motifs is 1. The Hall–Kier alpha value is -2.62. The van der Waals surface area contributed by atoms with Gasteiger partial charge in [0.05, 0.1) is 21.7 Å². The van der Waals surface area contributed by atoms with Crippen LogP contribution in [0.25, 0.3) is 16.3 Å². The van der Waals surface area contributed by atoms with Crippen LogP contribution in [0.1, 0.15) is 17.4 Å². The molecule has 2 heterocycles. The molecule has 0 aliphatic carbocycles. The number of amides is 1. The van der Waals surface area contributed by atoms with Gasteiger partial charge in [-0.15, -0.1) is 0 Å². The number of thiazole rings is 1. The third-order valence-electron chi connectivity index (χ3n) is 3.89. The van der Waals surface area contributed by atoms with Crippen molar-refractivity contribution in [2.75, 3.05) is 13.2 Å². The molecular weight excluding hydrogens is 398 g/mol. The third-order valence-corrected chi connectivity index (χ3v) is 5.93. The summed E-state index contributed by atoms with van der Waals surface area (Å²) < 4.78 is 8.50. The first-order valence-electron chi connectivity index (χ1n) is 8.66. The molecule has 0 atom stereocenters. The van der Waals surface area contributed by atoms with Crippen molar-refractivity contribution in [3.63, 3.8) is 0 Å². The normalized spacial score (nSPS) is 12.3. The molecule has 0 fully saturated rings. The molecule has 1 aromatic carbocycles. The van der Waals surface area contributed by atoms with Crippen molar-refractivity contribution in [1.82, 2.24) is 4.57 Å². The van der Waals surface area contributed by atoms with E-state index in [0.717, 1.165) is 27.1 Å². The van der Waals surface area contributed by atoms with E-state index in [1.54, 1.807) is 12.1 Å². The number of thiophene rings is 1. The fourth-order valence-electron chi connectivity index (χ4n) is 2.60. The first-order chi connectivity index (χ1) is 13.5. The Morgan fingerprint density at radius 3 is 2.86 bits per heavy atom. The van der Waals surface area contributed by atoms with Gasteiger partial charge >= 0.3 is 5.00 Å². The van der Waals surface area contributed by atoms with Crippen LogP contribution in [-0.4, -0.2) is 28.6 Å². The molecule has 0 N–H and O–H groups in total. The topological polar surface area (TPSA) is 86.7 Å². The molecule has 0 aliphatic heterocycles. The molecule has 0 saturated heterocycles. The lowest BCUT2D eigenvalue weighted by Crippen LogP contribution is -2.19. The molecule has 1 amide bonds. The van der Waals surface area contributed by atoms with E-state index < -0.39 is 10.8 Å². The minimum atomic E-state index is -0.450. The van der Waals surface area contributed by atoms with Crippen molar-refractivity contribution in [3.8, 4) is 0 Å². The number of aryl methyl sites for hydroxylation is 1. The van der Waals surface area contributed by atoms with Crippen molar-refractivity contribution in [2.24, 2.45) is 4.99 Å². The van der Waals surface area contributed by atoms with Gasteiger partial charge in [0.15, 0.2) is 4.80 Å². The Labute approximate surface area is 169 Å². The number of hydrogen-bond acceptors (Lipinski definition) is 6. The highest BCUT2D eigenvalue weighted by atomic mass is 32.1. The van der Waals surface area contributed by atoms with Gasteiger partial charge < -0.3 is 9.30 Å². The van der Waals surface area contributed by atoms with E-state index in [-0.39, 0.29) is 5.00 Å². The number of hydrogen-bond donors (Lipinski definition) is 0. The molecule has 9 heteroatoms. The van der Waals surface area contributed by atoms with E-state index in [9.17, 15) is 14.9 Å². The van der Waals surface area contributed by atoms with E-state index in [4.69, 9.17) is 4.74 Å². The minimum Gasteiger partial charge on any atom is -0.380 e. The van der Waals surface area contributed by atoms with Gasteiger partial charge in [-0.05, 0) is 43.7 Å². The van der Waals surface area contributed by atoms with E-state index in [2.05, 4.69) is 11.1 Å². The zero-order valence-electron chi connectivity index (χ0n) is 15.5. The number of benzene rings is 1. The summed E-state index contributed by atoms with van der Waals surface area (Å²) >= 11 is 2.47. The van der Waals surface area contributed by atoms with Crippen molar-refractivity contribution in [1.29, 1.82) is 0 Å². The van der Waals surface area contributed by atoms with Gasteiger partial charge in [-0.2, -0.15) is 4.99 Å². The molecule has 0 radical (unpaired) electrons. The Bertz CT molecular complexity index is 1110. The summed E-state index contributed by atoms with van der Waals surface area (Å²) in [4.78, 5) is 28.1. The fraction of sp³-hybridized carbons (Fsp3) is 0.263. The number of aromatic nitrogens is 1. The molecule has 0 unspecified atom stereocenters. The molecule has 0 spiro atoms.